The van der Waals surface area contributed by atoms with Gasteiger partial charge in [-0.1, -0.05) is 37.3 Å². The van der Waals surface area contributed by atoms with Crippen molar-refractivity contribution >= 4 is 28.7 Å². The Morgan fingerprint density at radius 1 is 1.10 bits per heavy atom. The molecule has 1 aliphatic carbocycles. The summed E-state index contributed by atoms with van der Waals surface area (Å²) in [6.45, 7) is 15.9. The van der Waals surface area contributed by atoms with Crippen molar-refractivity contribution < 1.29 is 9.53 Å². The second-order valence-electron chi connectivity index (χ2n) is 13.0. The van der Waals surface area contributed by atoms with Crippen molar-refractivity contribution in [2.75, 3.05) is 13.1 Å². The summed E-state index contributed by atoms with van der Waals surface area (Å²) in [4.78, 5) is 21.1. The standard InChI is InChI=1S/C33H41N5O2S/c1-8-26-29-36-35-22(4)38(29)30-27(20(2)21(3)41-30)28(34-26)25-11-9-23(10-12-25)24-13-15-33(16-14-24)17-18-37(19-33)31(39)40-32(5,6)7/h9-13,26H,8,14-19H2,1-7H3. The SMILES string of the molecule is CCC1N=C(c2ccc(C3=CCC4(CC3)CCN(C(=O)OC(C)(C)C)C4)cc2)c2c(sc(C)c2C)-n2c(C)nnc21. The van der Waals surface area contributed by atoms with Gasteiger partial charge in [0.1, 0.15) is 22.5 Å². The first-order valence-corrected chi connectivity index (χ1v) is 15.7. The minimum atomic E-state index is -0.459. The summed E-state index contributed by atoms with van der Waals surface area (Å²) < 4.78 is 7.85. The Kier molecular flexibility index (Phi) is 6.96. The number of likely N-dealkylation sites (tertiary alicyclic amines) is 1. The van der Waals surface area contributed by atoms with Crippen LogP contribution < -0.4 is 0 Å². The fraction of sp³-hybridized carbons (Fsp3) is 0.515. The predicted molar refractivity (Wildman–Crippen MR) is 165 cm³/mol. The van der Waals surface area contributed by atoms with E-state index in [0.29, 0.717) is 0 Å². The average molecular weight is 572 g/mol. The number of aromatic nitrogens is 3. The molecule has 1 spiro atoms. The number of carbonyl (C=O) groups is 1. The van der Waals surface area contributed by atoms with Gasteiger partial charge in [0.2, 0.25) is 0 Å². The molecular formula is C33H41N5O2S. The van der Waals surface area contributed by atoms with E-state index in [1.165, 1.54) is 32.1 Å². The number of allylic oxidation sites excluding steroid dienone is 2. The molecule has 0 saturated carbocycles. The molecule has 2 aliphatic heterocycles. The maximum absolute atomic E-state index is 12.6. The smallest absolute Gasteiger partial charge is 0.410 e. The molecule has 4 heterocycles. The maximum Gasteiger partial charge on any atom is 0.410 e. The summed E-state index contributed by atoms with van der Waals surface area (Å²) in [6, 6.07) is 8.96. The minimum Gasteiger partial charge on any atom is -0.444 e. The maximum atomic E-state index is 12.6. The Bertz CT molecular complexity index is 1560. The van der Waals surface area contributed by atoms with Gasteiger partial charge in [0.15, 0.2) is 5.82 Å². The molecule has 216 valence electrons. The van der Waals surface area contributed by atoms with Crippen LogP contribution in [0.1, 0.15) is 105 Å². The summed E-state index contributed by atoms with van der Waals surface area (Å²) in [6.07, 6.45) is 7.27. The number of carbonyl (C=O) groups excluding carboxylic acids is 1. The molecule has 0 radical (unpaired) electrons. The van der Waals surface area contributed by atoms with Crippen LogP contribution >= 0.6 is 11.3 Å². The van der Waals surface area contributed by atoms with Gasteiger partial charge in [-0.3, -0.25) is 9.56 Å². The molecule has 8 heteroatoms. The lowest BCUT2D eigenvalue weighted by Crippen LogP contribution is -2.37. The Labute approximate surface area is 247 Å². The first-order chi connectivity index (χ1) is 19.5. The van der Waals surface area contributed by atoms with Gasteiger partial charge >= 0.3 is 6.09 Å². The first-order valence-electron chi connectivity index (χ1n) is 14.9. The largest absolute Gasteiger partial charge is 0.444 e. The van der Waals surface area contributed by atoms with Crippen molar-refractivity contribution in [2.45, 2.75) is 92.2 Å². The van der Waals surface area contributed by atoms with Crippen molar-refractivity contribution in [3.63, 3.8) is 0 Å². The van der Waals surface area contributed by atoms with E-state index in [1.807, 2.05) is 32.6 Å². The topological polar surface area (TPSA) is 72.6 Å². The zero-order valence-electron chi connectivity index (χ0n) is 25.4. The zero-order chi connectivity index (χ0) is 29.1. The molecule has 3 aliphatic rings. The molecule has 3 aromatic rings. The highest BCUT2D eigenvalue weighted by Crippen LogP contribution is 2.45. The molecule has 0 bridgehead atoms. The van der Waals surface area contributed by atoms with Gasteiger partial charge in [-0.15, -0.1) is 21.5 Å². The van der Waals surface area contributed by atoms with Crippen LogP contribution in [0.25, 0.3) is 10.6 Å². The first kappa shape index (κ1) is 27.9. The number of rotatable bonds is 3. The van der Waals surface area contributed by atoms with Crippen molar-refractivity contribution in [3.8, 4) is 5.00 Å². The van der Waals surface area contributed by atoms with E-state index >= 15 is 0 Å². The van der Waals surface area contributed by atoms with Crippen LogP contribution in [0.4, 0.5) is 4.79 Å². The lowest BCUT2D eigenvalue weighted by Gasteiger charge is -2.33. The van der Waals surface area contributed by atoms with Crippen LogP contribution in [-0.2, 0) is 4.74 Å². The third-order valence-electron chi connectivity index (χ3n) is 8.95. The van der Waals surface area contributed by atoms with E-state index < -0.39 is 5.60 Å². The molecule has 6 rings (SSSR count). The quantitative estimate of drug-likeness (QED) is 0.322. The van der Waals surface area contributed by atoms with E-state index in [2.05, 4.69) is 65.9 Å². The number of fused-ring (bicyclic) bond motifs is 3. The third-order valence-corrected chi connectivity index (χ3v) is 10.1. The number of aryl methyl sites for hydroxylation is 2. The van der Waals surface area contributed by atoms with E-state index in [-0.39, 0.29) is 17.6 Å². The number of hydrogen-bond acceptors (Lipinski definition) is 6. The molecule has 1 amide bonds. The number of benzene rings is 1. The number of thiophene rings is 1. The second-order valence-corrected chi connectivity index (χ2v) is 14.2. The monoisotopic (exact) mass is 571 g/mol. The minimum absolute atomic E-state index is 0.0333. The van der Waals surface area contributed by atoms with Crippen molar-refractivity contribution in [2.24, 2.45) is 10.4 Å². The normalized spacial score (nSPS) is 22.2. The summed E-state index contributed by atoms with van der Waals surface area (Å²) in [7, 11) is 0. The highest BCUT2D eigenvalue weighted by molar-refractivity contribution is 7.15. The third kappa shape index (κ3) is 5.05. The number of amides is 1. The molecule has 2 unspecified atom stereocenters. The number of hydrogen-bond donors (Lipinski definition) is 0. The molecule has 0 N–H and O–H groups in total. The van der Waals surface area contributed by atoms with Gasteiger partial charge in [0.05, 0.1) is 5.71 Å². The lowest BCUT2D eigenvalue weighted by atomic mass is 9.73. The van der Waals surface area contributed by atoms with E-state index in [1.54, 1.807) is 11.3 Å². The number of ether oxygens (including phenoxy) is 1. The van der Waals surface area contributed by atoms with Crippen molar-refractivity contribution in [1.29, 1.82) is 0 Å². The van der Waals surface area contributed by atoms with Crippen molar-refractivity contribution in [1.82, 2.24) is 19.7 Å². The van der Waals surface area contributed by atoms with Crippen LogP contribution in [0.5, 0.6) is 0 Å². The Morgan fingerprint density at radius 3 is 2.49 bits per heavy atom. The highest BCUT2D eigenvalue weighted by atomic mass is 32.1. The molecule has 7 nitrogen and oxygen atoms in total. The fourth-order valence-electron chi connectivity index (χ4n) is 6.50. The summed E-state index contributed by atoms with van der Waals surface area (Å²) in [5, 5.41) is 10.1. The predicted octanol–water partition coefficient (Wildman–Crippen LogP) is 7.75. The molecule has 1 aromatic carbocycles. The summed E-state index contributed by atoms with van der Waals surface area (Å²) in [5.74, 6) is 1.84. The van der Waals surface area contributed by atoms with Gasteiger partial charge in [-0.2, -0.15) is 0 Å². The molecule has 2 atom stereocenters. The van der Waals surface area contributed by atoms with E-state index in [4.69, 9.17) is 9.73 Å². The zero-order valence-corrected chi connectivity index (χ0v) is 26.2. The Balaban J connectivity index is 1.24. The summed E-state index contributed by atoms with van der Waals surface area (Å²) in [5.41, 5.74) is 7.06. The van der Waals surface area contributed by atoms with Crippen LogP contribution in [0.3, 0.4) is 0 Å². The molecule has 2 aromatic heterocycles. The number of nitrogens with zero attached hydrogens (tertiary/aromatic N) is 5. The van der Waals surface area contributed by atoms with Crippen LogP contribution in [0.2, 0.25) is 0 Å². The van der Waals surface area contributed by atoms with Crippen LogP contribution in [0.15, 0.2) is 35.3 Å². The summed E-state index contributed by atoms with van der Waals surface area (Å²) >= 11 is 1.80. The average Bonchev–Trinajstić information content (AvgIpc) is 3.58. The van der Waals surface area contributed by atoms with E-state index in [9.17, 15) is 4.79 Å². The van der Waals surface area contributed by atoms with Gasteiger partial charge in [0, 0.05) is 29.1 Å². The van der Waals surface area contributed by atoms with E-state index in [0.717, 1.165) is 68.1 Å². The molecular weight excluding hydrogens is 530 g/mol. The highest BCUT2D eigenvalue weighted by Gasteiger charge is 2.42. The van der Waals surface area contributed by atoms with Crippen LogP contribution in [0, 0.1) is 26.2 Å². The van der Waals surface area contributed by atoms with Crippen molar-refractivity contribution in [3.05, 3.63) is 69.1 Å². The van der Waals surface area contributed by atoms with Gasteiger partial charge in [-0.05, 0) is 95.8 Å². The fourth-order valence-corrected chi connectivity index (χ4v) is 7.71. The Morgan fingerprint density at radius 2 is 1.83 bits per heavy atom. The molecule has 1 fully saturated rings. The number of aliphatic imine (C=N–C) groups is 1. The Hall–Kier alpha value is -3.26. The van der Waals surface area contributed by atoms with Gasteiger partial charge < -0.3 is 9.64 Å². The van der Waals surface area contributed by atoms with Gasteiger partial charge in [-0.25, -0.2) is 4.79 Å². The second kappa shape index (κ2) is 10.2. The van der Waals surface area contributed by atoms with Crippen LogP contribution in [-0.4, -0.2) is 50.2 Å². The molecule has 41 heavy (non-hydrogen) atoms. The lowest BCUT2D eigenvalue weighted by molar-refractivity contribution is 0.0270. The molecule has 1 saturated heterocycles. The van der Waals surface area contributed by atoms with Gasteiger partial charge in [0.25, 0.3) is 0 Å².